The normalized spacial score (nSPS) is 20.5. The Hall–Kier alpha value is -2.14. The number of carbonyl (C=O) groups is 1. The number of rotatable bonds is 4. The molecule has 2 atom stereocenters. The number of carbonyl (C=O) groups excluding carboxylic acids is 1. The minimum Gasteiger partial charge on any atom is -0.350 e. The van der Waals surface area contributed by atoms with Crippen molar-refractivity contribution in [1.29, 1.82) is 0 Å². The lowest BCUT2D eigenvalue weighted by molar-refractivity contribution is -0.122. The molecule has 0 aromatic heterocycles. The molecule has 0 radical (unpaired) electrons. The number of amides is 1. The molecule has 2 unspecified atom stereocenters. The number of hydrogen-bond donors (Lipinski definition) is 1. The Morgan fingerprint density at radius 1 is 1.22 bits per heavy atom. The lowest BCUT2D eigenvalue weighted by Crippen LogP contribution is -2.28. The van der Waals surface area contributed by atoms with Crippen LogP contribution in [-0.2, 0) is 14.6 Å². The van der Waals surface area contributed by atoms with Crippen LogP contribution in [0.15, 0.2) is 53.9 Å². The minimum absolute atomic E-state index is 0.0308. The van der Waals surface area contributed by atoms with Crippen molar-refractivity contribution in [3.8, 4) is 0 Å². The molecule has 1 aliphatic heterocycles. The van der Waals surface area contributed by atoms with Gasteiger partial charge in [0.25, 0.3) is 0 Å². The van der Waals surface area contributed by atoms with E-state index in [1.165, 1.54) is 5.41 Å². The Balaban J connectivity index is 1.70. The Morgan fingerprint density at radius 3 is 2.70 bits per heavy atom. The van der Waals surface area contributed by atoms with Crippen molar-refractivity contribution < 1.29 is 13.2 Å². The summed E-state index contributed by atoms with van der Waals surface area (Å²) in [5.41, 5.74) is 1.06. The van der Waals surface area contributed by atoms with Crippen LogP contribution in [0.3, 0.4) is 0 Å². The van der Waals surface area contributed by atoms with Crippen LogP contribution in [0.5, 0.6) is 0 Å². The van der Waals surface area contributed by atoms with Crippen molar-refractivity contribution in [1.82, 2.24) is 5.32 Å². The molecule has 4 nitrogen and oxygen atoms in total. The van der Waals surface area contributed by atoms with Crippen LogP contribution in [0.1, 0.15) is 24.9 Å². The Bertz CT molecular complexity index is 865. The maximum atomic E-state index is 12.2. The molecule has 0 spiro atoms. The first-order valence-corrected chi connectivity index (χ1v) is 9.34. The molecule has 0 bridgehead atoms. The number of nitrogens with one attached hydrogen (secondary N) is 1. The van der Waals surface area contributed by atoms with Gasteiger partial charge in [-0.3, -0.25) is 4.79 Å². The van der Waals surface area contributed by atoms with Crippen LogP contribution in [0.25, 0.3) is 10.8 Å². The molecular formula is C18H19NO3S. The summed E-state index contributed by atoms with van der Waals surface area (Å²) in [4.78, 5) is 12.2. The van der Waals surface area contributed by atoms with Gasteiger partial charge in [0.2, 0.25) is 5.91 Å². The van der Waals surface area contributed by atoms with E-state index in [0.717, 1.165) is 16.3 Å². The van der Waals surface area contributed by atoms with Gasteiger partial charge in [-0.2, -0.15) is 0 Å². The van der Waals surface area contributed by atoms with Crippen LogP contribution in [0.4, 0.5) is 0 Å². The van der Waals surface area contributed by atoms with E-state index in [-0.39, 0.29) is 30.0 Å². The van der Waals surface area contributed by atoms with E-state index in [2.05, 4.69) is 5.32 Å². The number of allylic oxidation sites excluding steroid dienone is 1. The highest BCUT2D eigenvalue weighted by atomic mass is 32.2. The van der Waals surface area contributed by atoms with Crippen molar-refractivity contribution in [2.24, 2.45) is 5.92 Å². The monoisotopic (exact) mass is 329 g/mol. The average Bonchev–Trinajstić information content (AvgIpc) is 2.85. The fourth-order valence-electron chi connectivity index (χ4n) is 3.01. The lowest BCUT2D eigenvalue weighted by atomic mass is 9.99. The second-order valence-electron chi connectivity index (χ2n) is 5.98. The summed E-state index contributed by atoms with van der Waals surface area (Å²) in [6, 6.07) is 14.0. The predicted octanol–water partition coefficient (Wildman–Crippen LogP) is 2.97. The maximum absolute atomic E-state index is 12.2. The number of fused-ring (bicyclic) bond motifs is 1. The molecule has 120 valence electrons. The third kappa shape index (κ3) is 3.62. The molecule has 3 rings (SSSR count). The molecule has 2 aromatic carbocycles. The van der Waals surface area contributed by atoms with Gasteiger partial charge in [-0.15, -0.1) is 0 Å². The highest BCUT2D eigenvalue weighted by molar-refractivity contribution is 7.94. The molecule has 0 fully saturated rings. The van der Waals surface area contributed by atoms with Crippen LogP contribution in [0.2, 0.25) is 0 Å². The third-order valence-electron chi connectivity index (χ3n) is 4.12. The zero-order valence-corrected chi connectivity index (χ0v) is 13.7. The van der Waals surface area contributed by atoms with E-state index in [9.17, 15) is 13.2 Å². The highest BCUT2D eigenvalue weighted by Gasteiger charge is 2.24. The molecule has 1 amide bonds. The van der Waals surface area contributed by atoms with Crippen molar-refractivity contribution in [3.63, 3.8) is 0 Å². The van der Waals surface area contributed by atoms with E-state index < -0.39 is 9.84 Å². The second-order valence-corrected chi connectivity index (χ2v) is 7.91. The van der Waals surface area contributed by atoms with E-state index in [4.69, 9.17) is 0 Å². The summed E-state index contributed by atoms with van der Waals surface area (Å²) in [7, 11) is -3.11. The van der Waals surface area contributed by atoms with Gasteiger partial charge in [0, 0.05) is 17.7 Å². The van der Waals surface area contributed by atoms with Gasteiger partial charge in [0.05, 0.1) is 11.8 Å². The first kappa shape index (κ1) is 15.7. The molecule has 23 heavy (non-hydrogen) atoms. The quantitative estimate of drug-likeness (QED) is 0.938. The number of sulfone groups is 1. The lowest BCUT2D eigenvalue weighted by Gasteiger charge is -2.17. The fraction of sp³-hybridized carbons (Fsp3) is 0.278. The zero-order valence-electron chi connectivity index (χ0n) is 12.9. The van der Waals surface area contributed by atoms with Gasteiger partial charge < -0.3 is 5.32 Å². The predicted molar refractivity (Wildman–Crippen MR) is 91.5 cm³/mol. The zero-order chi connectivity index (χ0) is 16.4. The third-order valence-corrected chi connectivity index (χ3v) is 5.58. The molecule has 0 saturated carbocycles. The first-order chi connectivity index (χ1) is 10.9. The van der Waals surface area contributed by atoms with Crippen LogP contribution < -0.4 is 5.32 Å². The maximum Gasteiger partial charge on any atom is 0.221 e. The van der Waals surface area contributed by atoms with E-state index in [1.54, 1.807) is 6.08 Å². The fourth-order valence-corrected chi connectivity index (χ4v) is 4.41. The molecule has 0 aliphatic carbocycles. The van der Waals surface area contributed by atoms with Crippen molar-refractivity contribution in [2.75, 3.05) is 5.75 Å². The summed E-state index contributed by atoms with van der Waals surface area (Å²) < 4.78 is 22.8. The van der Waals surface area contributed by atoms with Gasteiger partial charge in [-0.25, -0.2) is 8.42 Å². The van der Waals surface area contributed by atoms with Gasteiger partial charge in [0.1, 0.15) is 0 Å². The van der Waals surface area contributed by atoms with Crippen molar-refractivity contribution in [3.05, 3.63) is 59.5 Å². The first-order valence-electron chi connectivity index (χ1n) is 7.62. The standard InChI is InChI=1S/C18H19NO3S/c1-13(16-8-4-6-15-5-2-3-7-17(15)16)19-18(20)11-14-9-10-23(21,22)12-14/h2-10,13-14H,11-12H2,1H3,(H,19,20). The second kappa shape index (κ2) is 6.16. The molecule has 1 N–H and O–H groups in total. The van der Waals surface area contributed by atoms with E-state index >= 15 is 0 Å². The smallest absolute Gasteiger partial charge is 0.221 e. The molecule has 2 aromatic rings. The van der Waals surface area contributed by atoms with Crippen LogP contribution >= 0.6 is 0 Å². The average molecular weight is 329 g/mol. The highest BCUT2D eigenvalue weighted by Crippen LogP contribution is 2.24. The number of hydrogen-bond acceptors (Lipinski definition) is 3. The molecule has 0 saturated heterocycles. The Labute approximate surface area is 136 Å². The van der Waals surface area contributed by atoms with Gasteiger partial charge in [-0.05, 0) is 23.3 Å². The summed E-state index contributed by atoms with van der Waals surface area (Å²) in [5, 5.41) is 6.43. The summed E-state index contributed by atoms with van der Waals surface area (Å²) >= 11 is 0. The van der Waals surface area contributed by atoms with Gasteiger partial charge in [0.15, 0.2) is 9.84 Å². The molecule has 5 heteroatoms. The molecule has 1 aliphatic rings. The Morgan fingerprint density at radius 2 is 1.96 bits per heavy atom. The van der Waals surface area contributed by atoms with Crippen LogP contribution in [0, 0.1) is 5.92 Å². The van der Waals surface area contributed by atoms with E-state index in [0.29, 0.717) is 0 Å². The van der Waals surface area contributed by atoms with E-state index in [1.807, 2.05) is 49.4 Å². The summed E-state index contributed by atoms with van der Waals surface area (Å²) in [6.45, 7) is 1.95. The van der Waals surface area contributed by atoms with Gasteiger partial charge >= 0.3 is 0 Å². The topological polar surface area (TPSA) is 63.2 Å². The summed E-state index contributed by atoms with van der Waals surface area (Å²) in [5.74, 6) is -0.319. The minimum atomic E-state index is -3.11. The molecular weight excluding hydrogens is 310 g/mol. The Kier molecular flexibility index (Phi) is 4.22. The van der Waals surface area contributed by atoms with Crippen molar-refractivity contribution in [2.45, 2.75) is 19.4 Å². The molecule has 1 heterocycles. The largest absolute Gasteiger partial charge is 0.350 e. The number of benzene rings is 2. The van der Waals surface area contributed by atoms with Gasteiger partial charge in [-0.1, -0.05) is 48.5 Å². The van der Waals surface area contributed by atoms with Crippen molar-refractivity contribution >= 4 is 26.5 Å². The summed E-state index contributed by atoms with van der Waals surface area (Å²) in [6.07, 6.45) is 1.81. The van der Waals surface area contributed by atoms with Crippen LogP contribution in [-0.4, -0.2) is 20.1 Å². The SMILES string of the molecule is CC(NC(=O)CC1C=CS(=O)(=O)C1)c1cccc2ccccc12.